The van der Waals surface area contributed by atoms with Crippen molar-refractivity contribution in [2.45, 2.75) is 144 Å². The van der Waals surface area contributed by atoms with Gasteiger partial charge in [0.15, 0.2) is 0 Å². The molecule has 0 unspecified atom stereocenters. The summed E-state index contributed by atoms with van der Waals surface area (Å²) >= 11 is 0. The molecule has 6 atom stereocenters. The SMILES string of the molecule is CCC(C)(C)c1cccc(C[C@@H](C)CN2C[C@@H](C)O[C@@H](C)C2)c1.CCC(C)(C)c1cccc(C[C@H](C)CN2C[C@@H](C)O[C@@H](C)C2)c1.Cl.Cl. The van der Waals surface area contributed by atoms with Crippen molar-refractivity contribution < 1.29 is 9.47 Å². The van der Waals surface area contributed by atoms with Crippen molar-refractivity contribution in [1.82, 2.24) is 9.80 Å². The van der Waals surface area contributed by atoms with Gasteiger partial charge < -0.3 is 9.47 Å². The molecule has 4 nitrogen and oxygen atoms in total. The van der Waals surface area contributed by atoms with Gasteiger partial charge in [0.2, 0.25) is 0 Å². The minimum atomic E-state index is 0. The van der Waals surface area contributed by atoms with Gasteiger partial charge in [-0.15, -0.1) is 24.8 Å². The molecule has 0 N–H and O–H groups in total. The summed E-state index contributed by atoms with van der Waals surface area (Å²) < 4.78 is 11.7. The van der Waals surface area contributed by atoms with Crippen LogP contribution in [0.2, 0.25) is 0 Å². The zero-order valence-corrected chi connectivity index (χ0v) is 34.3. The fraction of sp³-hybridized carbons (Fsp3) is 0.714. The molecule has 0 radical (unpaired) electrons. The molecular formula is C42H72Cl2N2O2. The smallest absolute Gasteiger partial charge is 0.0678 e. The molecule has 0 spiro atoms. The van der Waals surface area contributed by atoms with E-state index < -0.39 is 0 Å². The summed E-state index contributed by atoms with van der Waals surface area (Å²) in [5.74, 6) is 1.35. The third-order valence-electron chi connectivity index (χ3n) is 10.5. The number of hydrogen-bond donors (Lipinski definition) is 0. The molecule has 2 aromatic carbocycles. The molecule has 2 aromatic rings. The lowest BCUT2D eigenvalue weighted by Gasteiger charge is -2.36. The third kappa shape index (κ3) is 14.6. The van der Waals surface area contributed by atoms with Crippen molar-refractivity contribution in [2.75, 3.05) is 39.3 Å². The number of benzene rings is 2. The molecule has 276 valence electrons. The Kier molecular flexibility index (Phi) is 19.3. The van der Waals surface area contributed by atoms with Crippen molar-refractivity contribution in [3.05, 3.63) is 70.8 Å². The largest absolute Gasteiger partial charge is 0.373 e. The minimum Gasteiger partial charge on any atom is -0.373 e. The van der Waals surface area contributed by atoms with Gasteiger partial charge in [-0.05, 0) is 98.3 Å². The van der Waals surface area contributed by atoms with Crippen molar-refractivity contribution in [2.24, 2.45) is 11.8 Å². The average Bonchev–Trinajstić information content (AvgIpc) is 2.96. The second kappa shape index (κ2) is 20.6. The highest BCUT2D eigenvalue weighted by Gasteiger charge is 2.25. The minimum absolute atomic E-state index is 0. The van der Waals surface area contributed by atoms with Crippen LogP contribution in [0.3, 0.4) is 0 Å². The summed E-state index contributed by atoms with van der Waals surface area (Å²) in [4.78, 5) is 5.15. The second-order valence-electron chi connectivity index (χ2n) is 16.4. The van der Waals surface area contributed by atoms with Gasteiger partial charge in [-0.25, -0.2) is 0 Å². The molecule has 4 rings (SSSR count). The summed E-state index contributed by atoms with van der Waals surface area (Å²) in [6, 6.07) is 18.4. The summed E-state index contributed by atoms with van der Waals surface area (Å²) in [5, 5.41) is 0. The van der Waals surface area contributed by atoms with Crippen molar-refractivity contribution in [3.63, 3.8) is 0 Å². The van der Waals surface area contributed by atoms with Gasteiger partial charge in [0.05, 0.1) is 24.4 Å². The highest BCUT2D eigenvalue weighted by Crippen LogP contribution is 2.29. The predicted octanol–water partition coefficient (Wildman–Crippen LogP) is 10.2. The van der Waals surface area contributed by atoms with Gasteiger partial charge in [-0.1, -0.05) is 104 Å². The Bertz CT molecular complexity index is 1080. The molecule has 2 saturated heterocycles. The van der Waals surface area contributed by atoms with Gasteiger partial charge in [0, 0.05) is 39.3 Å². The Morgan fingerprint density at radius 3 is 1.21 bits per heavy atom. The zero-order valence-electron chi connectivity index (χ0n) is 32.7. The summed E-state index contributed by atoms with van der Waals surface area (Å²) in [7, 11) is 0. The Hall–Kier alpha value is -1.14. The quantitative estimate of drug-likeness (QED) is 0.219. The van der Waals surface area contributed by atoms with Crippen LogP contribution in [-0.2, 0) is 33.1 Å². The molecular weight excluding hydrogens is 635 g/mol. The van der Waals surface area contributed by atoms with E-state index >= 15 is 0 Å². The number of rotatable bonds is 12. The molecule has 2 aliphatic heterocycles. The van der Waals surface area contributed by atoms with E-state index in [1.165, 1.54) is 48.2 Å². The fourth-order valence-corrected chi connectivity index (χ4v) is 7.33. The van der Waals surface area contributed by atoms with Crippen LogP contribution in [0, 0.1) is 11.8 Å². The van der Waals surface area contributed by atoms with Gasteiger partial charge in [-0.3, -0.25) is 9.80 Å². The Morgan fingerprint density at radius 1 is 0.604 bits per heavy atom. The first-order valence-electron chi connectivity index (χ1n) is 18.5. The standard InChI is InChI=1S/2C21H35NO.2ClH/c2*1-7-21(5,6)20-10-8-9-19(12-20)11-16(2)13-22-14-17(3)23-18(4)15-22;;/h2*8-10,12,16-18H,7,11,13-15H2,1-6H3;2*1H/t2*16-,17-,18+;;/m10../s1. The Balaban J connectivity index is 0.000000461. The average molecular weight is 708 g/mol. The number of ether oxygens (including phenoxy) is 2. The molecule has 48 heavy (non-hydrogen) atoms. The number of nitrogens with zero attached hydrogens (tertiary/aromatic N) is 2. The maximum atomic E-state index is 5.84. The lowest BCUT2D eigenvalue weighted by atomic mass is 9.81. The van der Waals surface area contributed by atoms with Crippen molar-refractivity contribution in [3.8, 4) is 0 Å². The second-order valence-corrected chi connectivity index (χ2v) is 16.4. The molecule has 6 heteroatoms. The highest BCUT2D eigenvalue weighted by molar-refractivity contribution is 5.85. The van der Waals surface area contributed by atoms with Crippen LogP contribution in [0.1, 0.15) is 118 Å². The first kappa shape index (κ1) is 44.9. The van der Waals surface area contributed by atoms with E-state index in [1.54, 1.807) is 0 Å². The van der Waals surface area contributed by atoms with Crippen LogP contribution in [-0.4, -0.2) is 73.5 Å². The van der Waals surface area contributed by atoms with Gasteiger partial charge in [0.1, 0.15) is 0 Å². The van der Waals surface area contributed by atoms with Gasteiger partial charge in [0.25, 0.3) is 0 Å². The molecule has 0 aromatic heterocycles. The molecule has 0 amide bonds. The summed E-state index contributed by atoms with van der Waals surface area (Å²) in [6.45, 7) is 34.0. The maximum absolute atomic E-state index is 5.84. The highest BCUT2D eigenvalue weighted by atomic mass is 35.5. The summed E-state index contributed by atoms with van der Waals surface area (Å²) in [5.41, 5.74) is 6.44. The van der Waals surface area contributed by atoms with E-state index in [0.29, 0.717) is 36.3 Å². The van der Waals surface area contributed by atoms with Crippen LogP contribution in [0.5, 0.6) is 0 Å². The van der Waals surface area contributed by atoms with Crippen LogP contribution in [0.15, 0.2) is 48.5 Å². The van der Waals surface area contributed by atoms with Gasteiger partial charge >= 0.3 is 0 Å². The van der Waals surface area contributed by atoms with Crippen LogP contribution >= 0.6 is 24.8 Å². The third-order valence-corrected chi connectivity index (χ3v) is 10.5. The van der Waals surface area contributed by atoms with Gasteiger partial charge in [-0.2, -0.15) is 0 Å². The lowest BCUT2D eigenvalue weighted by molar-refractivity contribution is -0.0711. The molecule has 2 aliphatic rings. The Labute approximate surface area is 308 Å². The Morgan fingerprint density at radius 2 is 0.917 bits per heavy atom. The van der Waals surface area contributed by atoms with Crippen LogP contribution in [0.25, 0.3) is 0 Å². The molecule has 0 aliphatic carbocycles. The maximum Gasteiger partial charge on any atom is 0.0678 e. The van der Waals surface area contributed by atoms with Crippen molar-refractivity contribution >= 4 is 24.8 Å². The van der Waals surface area contributed by atoms with E-state index in [0.717, 1.165) is 39.0 Å². The van der Waals surface area contributed by atoms with Crippen LogP contribution in [0.4, 0.5) is 0 Å². The van der Waals surface area contributed by atoms with E-state index in [1.807, 2.05) is 0 Å². The number of hydrogen-bond acceptors (Lipinski definition) is 4. The van der Waals surface area contributed by atoms with E-state index in [9.17, 15) is 0 Å². The number of morpholine rings is 2. The fourth-order valence-electron chi connectivity index (χ4n) is 7.33. The normalized spacial score (nSPS) is 23.6. The monoisotopic (exact) mass is 706 g/mol. The van der Waals surface area contributed by atoms with Crippen molar-refractivity contribution in [1.29, 1.82) is 0 Å². The summed E-state index contributed by atoms with van der Waals surface area (Å²) in [6.07, 6.45) is 6.12. The van der Waals surface area contributed by atoms with E-state index in [2.05, 4.69) is 141 Å². The van der Waals surface area contributed by atoms with Crippen LogP contribution < -0.4 is 0 Å². The predicted molar refractivity (Wildman–Crippen MR) is 213 cm³/mol. The lowest BCUT2D eigenvalue weighted by Crippen LogP contribution is -2.47. The molecule has 0 bridgehead atoms. The first-order chi connectivity index (χ1) is 21.6. The first-order valence-corrected chi connectivity index (χ1v) is 18.5. The molecule has 2 heterocycles. The van der Waals surface area contributed by atoms with E-state index in [4.69, 9.17) is 9.47 Å². The topological polar surface area (TPSA) is 24.9 Å². The zero-order chi connectivity index (χ0) is 34.1. The molecule has 0 saturated carbocycles. The number of halogens is 2. The van der Waals surface area contributed by atoms with E-state index in [-0.39, 0.29) is 35.6 Å². The molecule has 2 fully saturated rings.